The van der Waals surface area contributed by atoms with Gasteiger partial charge in [-0.1, -0.05) is 48.5 Å². The number of carbonyl (C=O) groups is 2. The fraction of sp³-hybridized carbons (Fsp3) is 0.100. The number of hydrogen-bond donors (Lipinski definition) is 0. The van der Waals surface area contributed by atoms with E-state index in [0.717, 1.165) is 0 Å². The molecule has 0 bridgehead atoms. The van der Waals surface area contributed by atoms with Gasteiger partial charge in [-0.25, -0.2) is 0 Å². The molecular weight excluding hydrogens is 318 g/mol. The first kappa shape index (κ1) is 15.0. The van der Waals surface area contributed by atoms with Crippen molar-refractivity contribution in [2.45, 2.75) is 4.90 Å². The minimum atomic E-state index is -0.186. The molecular formula is C20H15NO2S. The van der Waals surface area contributed by atoms with Crippen molar-refractivity contribution >= 4 is 34.3 Å². The van der Waals surface area contributed by atoms with Crippen molar-refractivity contribution in [3.05, 3.63) is 77.9 Å². The third-order valence-electron chi connectivity index (χ3n) is 4.20. The van der Waals surface area contributed by atoms with Gasteiger partial charge in [0, 0.05) is 17.2 Å². The lowest BCUT2D eigenvalue weighted by Crippen LogP contribution is -2.31. The molecule has 4 rings (SSSR count). The van der Waals surface area contributed by atoms with Crippen molar-refractivity contribution in [1.29, 1.82) is 0 Å². The highest BCUT2D eigenvalue weighted by Gasteiger charge is 2.34. The van der Waals surface area contributed by atoms with Crippen LogP contribution in [0, 0.1) is 0 Å². The van der Waals surface area contributed by atoms with E-state index in [0.29, 0.717) is 23.4 Å². The predicted molar refractivity (Wildman–Crippen MR) is 96.5 cm³/mol. The van der Waals surface area contributed by atoms with Gasteiger partial charge in [-0.05, 0) is 29.0 Å². The molecule has 0 saturated heterocycles. The van der Waals surface area contributed by atoms with E-state index in [2.05, 4.69) is 24.3 Å². The Morgan fingerprint density at radius 3 is 2.12 bits per heavy atom. The Balaban J connectivity index is 1.49. The molecule has 3 nitrogen and oxygen atoms in total. The predicted octanol–water partition coefficient (Wildman–Crippen LogP) is 4.23. The zero-order valence-electron chi connectivity index (χ0n) is 12.9. The van der Waals surface area contributed by atoms with Crippen molar-refractivity contribution in [3.63, 3.8) is 0 Å². The number of hydrogen-bond acceptors (Lipinski definition) is 3. The van der Waals surface area contributed by atoms with Crippen molar-refractivity contribution in [1.82, 2.24) is 4.90 Å². The highest BCUT2D eigenvalue weighted by atomic mass is 32.2. The maximum atomic E-state index is 12.4. The van der Waals surface area contributed by atoms with Crippen LogP contribution in [0.5, 0.6) is 0 Å². The summed E-state index contributed by atoms with van der Waals surface area (Å²) < 4.78 is 0. The highest BCUT2D eigenvalue weighted by Crippen LogP contribution is 2.29. The zero-order valence-corrected chi connectivity index (χ0v) is 13.8. The molecule has 4 heteroatoms. The lowest BCUT2D eigenvalue weighted by Gasteiger charge is -2.14. The van der Waals surface area contributed by atoms with Crippen molar-refractivity contribution in [3.8, 4) is 0 Å². The fourth-order valence-electron chi connectivity index (χ4n) is 3.01. The summed E-state index contributed by atoms with van der Waals surface area (Å²) >= 11 is 1.67. The summed E-state index contributed by atoms with van der Waals surface area (Å²) in [5.74, 6) is 0.308. The van der Waals surface area contributed by atoms with Gasteiger partial charge in [0.1, 0.15) is 0 Å². The van der Waals surface area contributed by atoms with Gasteiger partial charge >= 0.3 is 0 Å². The second-order valence-corrected chi connectivity index (χ2v) is 6.77. The molecule has 0 N–H and O–H groups in total. The van der Waals surface area contributed by atoms with Gasteiger partial charge in [-0.2, -0.15) is 0 Å². The SMILES string of the molecule is O=C1c2ccccc2C(=O)N1CCSc1cccc2ccccc12. The smallest absolute Gasteiger partial charge is 0.261 e. The molecule has 0 unspecified atom stereocenters. The van der Waals surface area contributed by atoms with Crippen molar-refractivity contribution in [2.75, 3.05) is 12.3 Å². The first-order valence-corrected chi connectivity index (χ1v) is 8.80. The molecule has 2 amide bonds. The number of imide groups is 1. The highest BCUT2D eigenvalue weighted by molar-refractivity contribution is 7.99. The average Bonchev–Trinajstić information content (AvgIpc) is 2.87. The van der Waals surface area contributed by atoms with Gasteiger partial charge in [-0.15, -0.1) is 11.8 Å². The van der Waals surface area contributed by atoms with Crippen LogP contribution in [-0.2, 0) is 0 Å². The largest absolute Gasteiger partial charge is 0.273 e. The molecule has 1 heterocycles. The molecule has 0 aromatic heterocycles. The lowest BCUT2D eigenvalue weighted by atomic mass is 10.1. The van der Waals surface area contributed by atoms with E-state index < -0.39 is 0 Å². The number of carbonyl (C=O) groups excluding carboxylic acids is 2. The third-order valence-corrected chi connectivity index (χ3v) is 5.25. The number of nitrogens with zero attached hydrogens (tertiary/aromatic N) is 1. The molecule has 0 fully saturated rings. The molecule has 0 radical (unpaired) electrons. The van der Waals surface area contributed by atoms with E-state index in [4.69, 9.17) is 0 Å². The molecule has 3 aromatic carbocycles. The first-order chi connectivity index (χ1) is 11.8. The number of fused-ring (bicyclic) bond motifs is 2. The van der Waals surface area contributed by atoms with Crippen LogP contribution < -0.4 is 0 Å². The lowest BCUT2D eigenvalue weighted by molar-refractivity contribution is 0.0664. The van der Waals surface area contributed by atoms with Gasteiger partial charge < -0.3 is 0 Å². The van der Waals surface area contributed by atoms with Crippen molar-refractivity contribution in [2.24, 2.45) is 0 Å². The minimum absolute atomic E-state index is 0.186. The monoisotopic (exact) mass is 333 g/mol. The van der Waals surface area contributed by atoms with Crippen LogP contribution in [-0.4, -0.2) is 29.0 Å². The molecule has 118 valence electrons. The maximum absolute atomic E-state index is 12.4. The molecule has 0 saturated carbocycles. The zero-order chi connectivity index (χ0) is 16.5. The van der Waals surface area contributed by atoms with Gasteiger partial charge in [0.25, 0.3) is 11.8 Å². The molecule has 1 aliphatic heterocycles. The molecule has 3 aromatic rings. The summed E-state index contributed by atoms with van der Waals surface area (Å²) in [4.78, 5) is 27.2. The van der Waals surface area contributed by atoms with E-state index in [1.54, 1.807) is 36.0 Å². The molecule has 0 spiro atoms. The Bertz CT molecular complexity index is 911. The van der Waals surface area contributed by atoms with Crippen LogP contribution in [0.15, 0.2) is 71.6 Å². The van der Waals surface area contributed by atoms with Crippen LogP contribution in [0.2, 0.25) is 0 Å². The summed E-state index contributed by atoms with van der Waals surface area (Å²) in [6.45, 7) is 0.417. The molecule has 0 atom stereocenters. The molecule has 0 aliphatic carbocycles. The van der Waals surface area contributed by atoms with Crippen molar-refractivity contribution < 1.29 is 9.59 Å². The maximum Gasteiger partial charge on any atom is 0.261 e. The van der Waals surface area contributed by atoms with Crippen LogP contribution in [0.1, 0.15) is 20.7 Å². The quantitative estimate of drug-likeness (QED) is 0.530. The average molecular weight is 333 g/mol. The number of benzene rings is 3. The molecule has 1 aliphatic rings. The third kappa shape index (κ3) is 2.49. The van der Waals surface area contributed by atoms with Crippen LogP contribution in [0.3, 0.4) is 0 Å². The summed E-state index contributed by atoms with van der Waals surface area (Å²) in [6.07, 6.45) is 0. The van der Waals surface area contributed by atoms with E-state index >= 15 is 0 Å². The van der Waals surface area contributed by atoms with Gasteiger partial charge in [0.2, 0.25) is 0 Å². The van der Waals surface area contributed by atoms with Crippen LogP contribution >= 0.6 is 11.8 Å². The minimum Gasteiger partial charge on any atom is -0.273 e. The Kier molecular flexibility index (Phi) is 3.82. The topological polar surface area (TPSA) is 37.4 Å². The number of amides is 2. The Labute approximate surface area is 144 Å². The summed E-state index contributed by atoms with van der Waals surface area (Å²) in [5.41, 5.74) is 1.02. The van der Waals surface area contributed by atoms with E-state index in [-0.39, 0.29) is 11.8 Å². The normalized spacial score (nSPS) is 13.6. The second kappa shape index (κ2) is 6.13. The Morgan fingerprint density at radius 2 is 1.38 bits per heavy atom. The summed E-state index contributed by atoms with van der Waals surface area (Å²) in [5, 5.41) is 2.40. The van der Waals surface area contributed by atoms with E-state index in [9.17, 15) is 9.59 Å². The number of rotatable bonds is 4. The molecule has 24 heavy (non-hydrogen) atoms. The van der Waals surface area contributed by atoms with Crippen LogP contribution in [0.4, 0.5) is 0 Å². The van der Waals surface area contributed by atoms with Crippen LogP contribution in [0.25, 0.3) is 10.8 Å². The van der Waals surface area contributed by atoms with E-state index in [1.165, 1.54) is 20.6 Å². The Hall–Kier alpha value is -2.59. The summed E-state index contributed by atoms with van der Waals surface area (Å²) in [7, 11) is 0. The standard InChI is InChI=1S/C20H15NO2S/c22-19-16-9-3-4-10-17(16)20(23)21(19)12-13-24-18-11-5-7-14-6-1-2-8-15(14)18/h1-11H,12-13H2. The van der Waals surface area contributed by atoms with Gasteiger partial charge in [-0.3, -0.25) is 14.5 Å². The summed E-state index contributed by atoms with van der Waals surface area (Å²) in [6, 6.07) is 21.4. The fourth-order valence-corrected chi connectivity index (χ4v) is 4.02. The second-order valence-electron chi connectivity index (χ2n) is 5.63. The van der Waals surface area contributed by atoms with E-state index in [1.807, 2.05) is 18.2 Å². The Morgan fingerprint density at radius 1 is 0.750 bits per heavy atom. The number of thioether (sulfide) groups is 1. The first-order valence-electron chi connectivity index (χ1n) is 7.81. The van der Waals surface area contributed by atoms with Gasteiger partial charge in [0.15, 0.2) is 0 Å². The van der Waals surface area contributed by atoms with Gasteiger partial charge in [0.05, 0.1) is 11.1 Å².